The Labute approximate surface area is 80.8 Å². The van der Waals surface area contributed by atoms with E-state index in [0.29, 0.717) is 4.47 Å². The number of halogens is 1. The van der Waals surface area contributed by atoms with Crippen LogP contribution in [0, 0.1) is 5.41 Å². The van der Waals surface area contributed by atoms with Crippen LogP contribution in [0.3, 0.4) is 0 Å². The molecular formula is C8H11ClN2S. The summed E-state index contributed by atoms with van der Waals surface area (Å²) < 4.78 is 0.581. The third-order valence-electron chi connectivity index (χ3n) is 2.72. The summed E-state index contributed by atoms with van der Waals surface area (Å²) in [4.78, 5) is 5.10. The minimum atomic E-state index is -0.169. The normalized spacial score (nSPS) is 32.0. The predicted octanol–water partition coefficient (Wildman–Crippen LogP) is 2.38. The molecule has 1 aliphatic carbocycles. The van der Waals surface area contributed by atoms with Gasteiger partial charge in [-0.3, -0.25) is 0 Å². The summed E-state index contributed by atoms with van der Waals surface area (Å²) >= 11 is 7.23. The van der Waals surface area contributed by atoms with Crippen LogP contribution in [0.1, 0.15) is 25.1 Å². The van der Waals surface area contributed by atoms with Gasteiger partial charge in [0.25, 0.3) is 0 Å². The lowest BCUT2D eigenvalue weighted by atomic mass is 10.1. The van der Waals surface area contributed by atoms with E-state index >= 15 is 0 Å². The first-order chi connectivity index (χ1) is 5.46. The van der Waals surface area contributed by atoms with E-state index in [2.05, 4.69) is 18.8 Å². The van der Waals surface area contributed by atoms with Crippen molar-refractivity contribution < 1.29 is 0 Å². The summed E-state index contributed by atoms with van der Waals surface area (Å²) in [5.74, 6) is 0. The summed E-state index contributed by atoms with van der Waals surface area (Å²) in [6, 6.07) is 0. The predicted molar refractivity (Wildman–Crippen MR) is 51.4 cm³/mol. The molecule has 0 spiro atoms. The van der Waals surface area contributed by atoms with Crippen molar-refractivity contribution in [1.29, 1.82) is 0 Å². The van der Waals surface area contributed by atoms with Crippen molar-refractivity contribution in [3.63, 3.8) is 0 Å². The Morgan fingerprint density at radius 2 is 2.25 bits per heavy atom. The van der Waals surface area contributed by atoms with Crippen molar-refractivity contribution >= 4 is 22.9 Å². The Hall–Kier alpha value is -0.120. The number of rotatable bonds is 1. The van der Waals surface area contributed by atoms with E-state index in [0.717, 1.165) is 11.3 Å². The van der Waals surface area contributed by atoms with Gasteiger partial charge in [-0.2, -0.15) is 0 Å². The van der Waals surface area contributed by atoms with E-state index in [9.17, 15) is 0 Å². The number of nitrogens with two attached hydrogens (primary N) is 1. The molecule has 0 radical (unpaired) electrons. The molecule has 1 aromatic rings. The van der Waals surface area contributed by atoms with Crippen LogP contribution in [-0.2, 0) is 5.54 Å². The molecule has 1 heterocycles. The molecule has 1 aliphatic rings. The fourth-order valence-electron chi connectivity index (χ4n) is 1.53. The van der Waals surface area contributed by atoms with E-state index in [1.165, 1.54) is 11.3 Å². The van der Waals surface area contributed by atoms with Gasteiger partial charge in [0, 0.05) is 11.1 Å². The summed E-state index contributed by atoms with van der Waals surface area (Å²) in [5, 5.41) is 0. The molecule has 2 nitrogen and oxygen atoms in total. The lowest BCUT2D eigenvalue weighted by Crippen LogP contribution is -2.24. The molecular weight excluding hydrogens is 192 g/mol. The molecule has 1 aromatic heterocycles. The third kappa shape index (κ3) is 1.00. The first-order valence-electron chi connectivity index (χ1n) is 3.86. The van der Waals surface area contributed by atoms with Gasteiger partial charge in [-0.05, 0) is 11.8 Å². The number of hydrogen-bond acceptors (Lipinski definition) is 3. The van der Waals surface area contributed by atoms with Crippen molar-refractivity contribution in [2.75, 3.05) is 0 Å². The fraction of sp³-hybridized carbons (Fsp3) is 0.625. The van der Waals surface area contributed by atoms with Gasteiger partial charge >= 0.3 is 0 Å². The first kappa shape index (κ1) is 8.48. The van der Waals surface area contributed by atoms with E-state index in [-0.39, 0.29) is 11.0 Å². The summed E-state index contributed by atoms with van der Waals surface area (Å²) in [7, 11) is 0. The lowest BCUT2D eigenvalue weighted by Gasteiger charge is -2.11. The number of thiazole rings is 1. The van der Waals surface area contributed by atoms with Gasteiger partial charge in [-0.25, -0.2) is 4.98 Å². The molecule has 1 unspecified atom stereocenters. The van der Waals surface area contributed by atoms with Crippen LogP contribution < -0.4 is 5.73 Å². The second kappa shape index (κ2) is 2.22. The zero-order chi connectivity index (χ0) is 8.98. The molecule has 0 bridgehead atoms. The van der Waals surface area contributed by atoms with Crippen LogP contribution in [0.15, 0.2) is 6.20 Å². The quantitative estimate of drug-likeness (QED) is 0.760. The van der Waals surface area contributed by atoms with Crippen molar-refractivity contribution in [3.8, 4) is 0 Å². The molecule has 0 amide bonds. The zero-order valence-corrected chi connectivity index (χ0v) is 8.67. The standard InChI is InChI=1S/C8H11ClN2S/c1-7(2)4-8(7,10)5-3-11-6(9)12-5/h3H,4,10H2,1-2H3. The highest BCUT2D eigenvalue weighted by Gasteiger charge is 2.60. The Morgan fingerprint density at radius 3 is 2.58 bits per heavy atom. The minimum absolute atomic E-state index is 0.169. The molecule has 0 aromatic carbocycles. The topological polar surface area (TPSA) is 38.9 Å². The van der Waals surface area contributed by atoms with Crippen molar-refractivity contribution in [1.82, 2.24) is 4.98 Å². The second-order valence-corrected chi connectivity index (χ2v) is 5.62. The van der Waals surface area contributed by atoms with Crippen molar-refractivity contribution in [2.45, 2.75) is 25.8 Å². The van der Waals surface area contributed by atoms with Gasteiger partial charge in [0.2, 0.25) is 0 Å². The fourth-order valence-corrected chi connectivity index (χ4v) is 2.75. The highest BCUT2D eigenvalue weighted by molar-refractivity contribution is 7.15. The zero-order valence-electron chi connectivity index (χ0n) is 7.10. The maximum absolute atomic E-state index is 6.17. The van der Waals surface area contributed by atoms with Crippen molar-refractivity contribution in [2.24, 2.45) is 11.1 Å². The Bertz CT molecular complexity index is 321. The van der Waals surface area contributed by atoms with Gasteiger partial charge < -0.3 is 5.73 Å². The molecule has 1 fully saturated rings. The van der Waals surface area contributed by atoms with Gasteiger partial charge in [0.15, 0.2) is 4.47 Å². The van der Waals surface area contributed by atoms with Crippen molar-refractivity contribution in [3.05, 3.63) is 15.5 Å². The average molecular weight is 203 g/mol. The van der Waals surface area contributed by atoms with Gasteiger partial charge in [0.05, 0.1) is 5.54 Å². The number of nitrogens with zero attached hydrogens (tertiary/aromatic N) is 1. The van der Waals surface area contributed by atoms with E-state index < -0.39 is 0 Å². The number of hydrogen-bond donors (Lipinski definition) is 1. The van der Waals surface area contributed by atoms with Crippen LogP contribution in [0.4, 0.5) is 0 Å². The molecule has 4 heteroatoms. The molecule has 2 N–H and O–H groups in total. The Balaban J connectivity index is 2.34. The summed E-state index contributed by atoms with van der Waals surface area (Å²) in [6.07, 6.45) is 2.82. The third-order valence-corrected chi connectivity index (χ3v) is 4.01. The van der Waals surface area contributed by atoms with Crippen LogP contribution >= 0.6 is 22.9 Å². The lowest BCUT2D eigenvalue weighted by molar-refractivity contribution is 0.516. The van der Waals surface area contributed by atoms with Crippen LogP contribution in [0.2, 0.25) is 4.47 Å². The second-order valence-electron chi connectivity index (χ2n) is 4.01. The average Bonchev–Trinajstić information content (AvgIpc) is 2.37. The molecule has 12 heavy (non-hydrogen) atoms. The Morgan fingerprint density at radius 1 is 1.67 bits per heavy atom. The smallest absolute Gasteiger partial charge is 0.183 e. The maximum atomic E-state index is 6.17. The maximum Gasteiger partial charge on any atom is 0.183 e. The minimum Gasteiger partial charge on any atom is -0.320 e. The molecule has 1 atom stereocenters. The first-order valence-corrected chi connectivity index (χ1v) is 5.06. The van der Waals surface area contributed by atoms with Gasteiger partial charge in [-0.15, -0.1) is 11.3 Å². The molecule has 0 saturated heterocycles. The highest BCUT2D eigenvalue weighted by Crippen LogP contribution is 2.61. The van der Waals surface area contributed by atoms with E-state index in [1.54, 1.807) is 6.20 Å². The molecule has 2 rings (SSSR count). The molecule has 66 valence electrons. The largest absolute Gasteiger partial charge is 0.320 e. The SMILES string of the molecule is CC1(C)CC1(N)c1cnc(Cl)s1. The Kier molecular flexibility index (Phi) is 1.57. The summed E-state index contributed by atoms with van der Waals surface area (Å²) in [5.41, 5.74) is 6.21. The van der Waals surface area contributed by atoms with Crippen LogP contribution in [0.25, 0.3) is 0 Å². The van der Waals surface area contributed by atoms with Crippen LogP contribution in [-0.4, -0.2) is 4.98 Å². The number of aromatic nitrogens is 1. The van der Waals surface area contributed by atoms with Crippen LogP contribution in [0.5, 0.6) is 0 Å². The van der Waals surface area contributed by atoms with Gasteiger partial charge in [-0.1, -0.05) is 25.4 Å². The van der Waals surface area contributed by atoms with Gasteiger partial charge in [0.1, 0.15) is 0 Å². The highest BCUT2D eigenvalue weighted by atomic mass is 35.5. The van der Waals surface area contributed by atoms with E-state index in [1.807, 2.05) is 0 Å². The molecule has 0 aliphatic heterocycles. The monoisotopic (exact) mass is 202 g/mol. The molecule has 1 saturated carbocycles. The van der Waals surface area contributed by atoms with E-state index in [4.69, 9.17) is 17.3 Å². The summed E-state index contributed by atoms with van der Waals surface area (Å²) in [6.45, 7) is 4.33.